The highest BCUT2D eigenvalue weighted by atomic mass is 32.3. The van der Waals surface area contributed by atoms with E-state index in [0.29, 0.717) is 0 Å². The third kappa shape index (κ3) is 9.15. The molecule has 0 aromatic rings. The molecule has 35 heavy (non-hydrogen) atoms. The number of aliphatic hydroxyl groups is 4. The first kappa shape index (κ1) is 29.7. The number of rotatable bonds is 12. The van der Waals surface area contributed by atoms with Crippen LogP contribution in [-0.4, -0.2) is 120 Å². The van der Waals surface area contributed by atoms with Gasteiger partial charge in [0.2, 0.25) is 5.76 Å². The van der Waals surface area contributed by atoms with Crippen LogP contribution in [0.3, 0.4) is 0 Å². The van der Waals surface area contributed by atoms with E-state index in [1.54, 1.807) is 4.72 Å². The van der Waals surface area contributed by atoms with Crippen molar-refractivity contribution in [2.24, 2.45) is 5.92 Å². The Morgan fingerprint density at radius 2 is 1.63 bits per heavy atom. The van der Waals surface area contributed by atoms with Gasteiger partial charge in [0.25, 0.3) is 0 Å². The highest BCUT2D eigenvalue weighted by Gasteiger charge is 2.46. The molecule has 17 nitrogen and oxygen atoms in total. The van der Waals surface area contributed by atoms with E-state index >= 15 is 0 Å². The fourth-order valence-electron chi connectivity index (χ4n) is 3.61. The van der Waals surface area contributed by atoms with Crippen LogP contribution in [0.1, 0.15) is 12.8 Å². The summed E-state index contributed by atoms with van der Waals surface area (Å²) in [4.78, 5) is 11.0. The van der Waals surface area contributed by atoms with Gasteiger partial charge in [-0.3, -0.25) is 9.11 Å². The van der Waals surface area contributed by atoms with Crippen molar-refractivity contribution in [3.8, 4) is 0 Å². The fraction of sp³-hybridized carbons (Fsp3) is 0.812. The predicted molar refractivity (Wildman–Crippen MR) is 109 cm³/mol. The summed E-state index contributed by atoms with van der Waals surface area (Å²) in [5.74, 6) is -3.13. The van der Waals surface area contributed by atoms with Crippen LogP contribution in [0.4, 0.5) is 0 Å². The Morgan fingerprint density at radius 1 is 1.00 bits per heavy atom. The summed E-state index contributed by atoms with van der Waals surface area (Å²) in [6.45, 7) is -1.18. The first-order valence-corrected chi connectivity index (χ1v) is 12.8. The second-order valence-electron chi connectivity index (χ2n) is 7.71. The number of nitrogens with one attached hydrogen (secondary N) is 1. The molecule has 2 heterocycles. The van der Waals surface area contributed by atoms with Gasteiger partial charge in [0.1, 0.15) is 24.4 Å². The molecule has 19 heteroatoms. The number of ether oxygens (including phenoxy) is 3. The Morgan fingerprint density at radius 3 is 2.20 bits per heavy atom. The van der Waals surface area contributed by atoms with Crippen molar-refractivity contribution in [2.45, 2.75) is 55.7 Å². The zero-order valence-electron chi connectivity index (χ0n) is 17.9. The summed E-state index contributed by atoms with van der Waals surface area (Å²) < 4.78 is 83.0. The van der Waals surface area contributed by atoms with Gasteiger partial charge in [-0.2, -0.15) is 21.6 Å². The largest absolute Gasteiger partial charge is 0.480 e. The van der Waals surface area contributed by atoms with Gasteiger partial charge in [-0.15, -0.1) is 0 Å². The molecule has 0 saturated carbocycles. The topological polar surface area (TPSA) is 276 Å². The molecule has 0 aromatic carbocycles. The number of hydrogen-bond donors (Lipinski definition) is 8. The van der Waals surface area contributed by atoms with Gasteiger partial charge in [0, 0.05) is 18.9 Å². The van der Waals surface area contributed by atoms with Crippen LogP contribution < -0.4 is 4.72 Å². The van der Waals surface area contributed by atoms with Gasteiger partial charge in [-0.05, 0) is 12.5 Å². The van der Waals surface area contributed by atoms with Crippen LogP contribution in [0.5, 0.6) is 0 Å². The van der Waals surface area contributed by atoms with Crippen LogP contribution in [0.25, 0.3) is 0 Å². The van der Waals surface area contributed by atoms with E-state index in [-0.39, 0.29) is 26.1 Å². The number of carboxylic acid groups (broad SMARTS) is 1. The van der Waals surface area contributed by atoms with Crippen molar-refractivity contribution in [3.05, 3.63) is 11.8 Å². The molecule has 0 bridgehead atoms. The number of carboxylic acids is 1. The minimum atomic E-state index is -4.92. The summed E-state index contributed by atoms with van der Waals surface area (Å²) in [5.41, 5.74) is 0. The molecule has 8 atom stereocenters. The maximum Gasteiger partial charge on any atom is 0.397 e. The summed E-state index contributed by atoms with van der Waals surface area (Å²) >= 11 is 0. The fourth-order valence-corrected chi connectivity index (χ4v) is 4.52. The van der Waals surface area contributed by atoms with Crippen molar-refractivity contribution in [1.82, 2.24) is 4.72 Å². The summed E-state index contributed by atoms with van der Waals surface area (Å²) in [6, 6.07) is -1.74. The molecule has 2 aliphatic heterocycles. The first-order valence-electron chi connectivity index (χ1n) is 10.0. The van der Waals surface area contributed by atoms with E-state index in [2.05, 4.69) is 4.18 Å². The summed E-state index contributed by atoms with van der Waals surface area (Å²) in [7, 11) is -9.80. The molecular formula is C16H27NO16S2. The van der Waals surface area contributed by atoms with Gasteiger partial charge < -0.3 is 39.7 Å². The molecule has 0 spiro atoms. The van der Waals surface area contributed by atoms with Crippen molar-refractivity contribution >= 4 is 26.7 Å². The maximum atomic E-state index is 11.1. The average molecular weight is 554 g/mol. The summed E-state index contributed by atoms with van der Waals surface area (Å²) in [6.07, 6.45) is -8.50. The molecule has 0 unspecified atom stereocenters. The lowest BCUT2D eigenvalue weighted by atomic mass is 9.86. The number of aliphatic carboxylic acids is 1. The molecule has 2 aliphatic rings. The molecular weight excluding hydrogens is 526 g/mol. The second-order valence-corrected chi connectivity index (χ2v) is 9.99. The second kappa shape index (κ2) is 12.2. The van der Waals surface area contributed by atoms with Gasteiger partial charge in [0.05, 0.1) is 25.4 Å². The van der Waals surface area contributed by atoms with Gasteiger partial charge >= 0.3 is 26.7 Å². The normalized spacial score (nSPS) is 34.2. The van der Waals surface area contributed by atoms with Crippen molar-refractivity contribution < 1.29 is 74.7 Å². The summed E-state index contributed by atoms with van der Waals surface area (Å²) in [5, 5.41) is 49.1. The van der Waals surface area contributed by atoms with E-state index < -0.39 is 87.8 Å². The number of aliphatic hydroxyl groups excluding tert-OH is 4. The average Bonchev–Trinajstić information content (AvgIpc) is 2.72. The minimum absolute atomic E-state index is 0.0620. The van der Waals surface area contributed by atoms with Crippen LogP contribution >= 0.6 is 0 Å². The standard InChI is InChI=1S/C16H27NO16S2/c18-8-5-10(15(21)22)32-9(14(8)20)2-4-30-3-1-7-11(6-31-35(27,28)29)33-16(23)12(13(7)19)17-34(24,25)26/h5,7-9,11-14,16-20,23H,1-4,6H2,(H,21,22)(H,24,25,26)(H,27,28,29)/t7-,8+,9+,11-,12-,13+,14-,16+/m1/s1. The van der Waals surface area contributed by atoms with Crippen LogP contribution in [0.15, 0.2) is 11.8 Å². The van der Waals surface area contributed by atoms with Gasteiger partial charge in [-0.25, -0.2) is 8.98 Å². The van der Waals surface area contributed by atoms with Crippen LogP contribution in [0.2, 0.25) is 0 Å². The van der Waals surface area contributed by atoms with Crippen LogP contribution in [-0.2, 0) is 43.9 Å². The van der Waals surface area contributed by atoms with Crippen molar-refractivity contribution in [2.75, 3.05) is 19.8 Å². The van der Waals surface area contributed by atoms with Crippen molar-refractivity contribution in [1.29, 1.82) is 0 Å². The monoisotopic (exact) mass is 553 g/mol. The highest BCUT2D eigenvalue weighted by Crippen LogP contribution is 2.29. The molecule has 0 aromatic heterocycles. The Labute approximate surface area is 199 Å². The van der Waals surface area contributed by atoms with Crippen molar-refractivity contribution in [3.63, 3.8) is 0 Å². The molecule has 0 radical (unpaired) electrons. The van der Waals surface area contributed by atoms with E-state index in [4.69, 9.17) is 28.4 Å². The van der Waals surface area contributed by atoms with E-state index in [1.165, 1.54) is 0 Å². The lowest BCUT2D eigenvalue weighted by Crippen LogP contribution is -2.62. The Kier molecular flexibility index (Phi) is 10.3. The van der Waals surface area contributed by atoms with E-state index in [1.807, 2.05) is 0 Å². The third-order valence-electron chi connectivity index (χ3n) is 5.26. The molecule has 2 rings (SSSR count). The highest BCUT2D eigenvalue weighted by molar-refractivity contribution is 7.83. The lowest BCUT2D eigenvalue weighted by Gasteiger charge is -2.42. The maximum absolute atomic E-state index is 11.1. The molecule has 1 fully saturated rings. The van der Waals surface area contributed by atoms with E-state index in [9.17, 15) is 42.1 Å². The lowest BCUT2D eigenvalue weighted by molar-refractivity contribution is -0.236. The third-order valence-corrected chi connectivity index (χ3v) is 6.26. The van der Waals surface area contributed by atoms with Crippen LogP contribution in [0, 0.1) is 5.92 Å². The minimum Gasteiger partial charge on any atom is -0.480 e. The molecule has 0 amide bonds. The Bertz CT molecular complexity index is 966. The Balaban J connectivity index is 1.97. The molecule has 0 aliphatic carbocycles. The molecule has 1 saturated heterocycles. The quantitative estimate of drug-likeness (QED) is 0.0848. The van der Waals surface area contributed by atoms with Gasteiger partial charge in [-0.1, -0.05) is 0 Å². The SMILES string of the molecule is O=C(O)C1=C[C@H](O)[C@@H](O)[C@H](CCOCC[C@H]2[C@H](O)[C@@H](NS(=O)(=O)O)[C@@H](O)O[C@@H]2COS(=O)(=O)O)O1. The number of hydrogen-bond acceptors (Lipinski definition) is 13. The van der Waals surface area contributed by atoms with Gasteiger partial charge in [0.15, 0.2) is 6.29 Å². The Hall–Kier alpha value is -1.49. The molecule has 8 N–H and O–H groups in total. The smallest absolute Gasteiger partial charge is 0.397 e. The predicted octanol–water partition coefficient (Wildman–Crippen LogP) is -3.85. The first-order chi connectivity index (χ1) is 16.1. The zero-order valence-corrected chi connectivity index (χ0v) is 19.5. The van der Waals surface area contributed by atoms with E-state index in [0.717, 1.165) is 6.08 Å². The number of carbonyl (C=O) groups is 1. The molecule has 204 valence electrons. The zero-order chi connectivity index (χ0) is 26.6.